The van der Waals surface area contributed by atoms with Gasteiger partial charge in [-0.25, -0.2) is 9.37 Å². The molecule has 2 N–H and O–H groups in total. The number of nitrogens with zero attached hydrogens (tertiary/aromatic N) is 1. The lowest BCUT2D eigenvalue weighted by molar-refractivity contribution is 0.387. The van der Waals surface area contributed by atoms with Crippen molar-refractivity contribution in [1.82, 2.24) is 4.98 Å². The highest BCUT2D eigenvalue weighted by atomic mass is 32.1. The molecule has 1 heterocycles. The van der Waals surface area contributed by atoms with Gasteiger partial charge in [0.05, 0.1) is 12.8 Å². The minimum atomic E-state index is -0.372. The molecule has 1 aromatic carbocycles. The van der Waals surface area contributed by atoms with Gasteiger partial charge in [0.15, 0.2) is 11.6 Å². The van der Waals surface area contributed by atoms with Gasteiger partial charge < -0.3 is 10.5 Å². The van der Waals surface area contributed by atoms with Gasteiger partial charge in [-0.05, 0) is 25.1 Å². The first-order valence-electron chi connectivity index (χ1n) is 5.16. The lowest BCUT2D eigenvalue weighted by atomic mass is 10.2. The molecule has 0 fully saturated rings. The Labute approximate surface area is 103 Å². The van der Waals surface area contributed by atoms with Crippen LogP contribution in [0.15, 0.2) is 18.2 Å². The van der Waals surface area contributed by atoms with Crippen molar-refractivity contribution in [3.63, 3.8) is 0 Å². The lowest BCUT2D eigenvalue weighted by Gasteiger charge is -2.03. The molecule has 0 spiro atoms. The van der Waals surface area contributed by atoms with Crippen molar-refractivity contribution in [3.05, 3.63) is 34.6 Å². The molecule has 3 nitrogen and oxygen atoms in total. The van der Waals surface area contributed by atoms with Gasteiger partial charge in [0.1, 0.15) is 5.01 Å². The van der Waals surface area contributed by atoms with Crippen LogP contribution < -0.4 is 10.5 Å². The van der Waals surface area contributed by atoms with Crippen LogP contribution in [0.25, 0.3) is 10.6 Å². The maximum atomic E-state index is 13.3. The SMILES string of the molecule is COc1cc(-c2nc(C)c(CN)s2)ccc1F. The van der Waals surface area contributed by atoms with E-state index in [0.29, 0.717) is 6.54 Å². The second-order valence-corrected chi connectivity index (χ2v) is 4.66. The van der Waals surface area contributed by atoms with E-state index in [-0.39, 0.29) is 11.6 Å². The lowest BCUT2D eigenvalue weighted by Crippen LogP contribution is -1.94. The topological polar surface area (TPSA) is 48.1 Å². The number of aryl methyl sites for hydroxylation is 1. The van der Waals surface area contributed by atoms with Crippen LogP contribution in [0.4, 0.5) is 4.39 Å². The molecule has 0 amide bonds. The summed E-state index contributed by atoms with van der Waals surface area (Å²) in [5.74, 6) is -0.145. The van der Waals surface area contributed by atoms with Crippen LogP contribution in [-0.4, -0.2) is 12.1 Å². The fourth-order valence-corrected chi connectivity index (χ4v) is 2.47. The number of ether oxygens (including phenoxy) is 1. The first-order chi connectivity index (χ1) is 8.15. The Morgan fingerprint density at radius 1 is 1.47 bits per heavy atom. The van der Waals surface area contributed by atoms with E-state index in [0.717, 1.165) is 21.1 Å². The number of hydrogen-bond acceptors (Lipinski definition) is 4. The van der Waals surface area contributed by atoms with Crippen molar-refractivity contribution in [2.24, 2.45) is 5.73 Å². The molecule has 0 aliphatic rings. The molecule has 90 valence electrons. The minimum Gasteiger partial charge on any atom is -0.494 e. The monoisotopic (exact) mass is 252 g/mol. The summed E-state index contributed by atoms with van der Waals surface area (Å²) >= 11 is 1.52. The number of benzene rings is 1. The number of aromatic nitrogens is 1. The number of halogens is 1. The number of hydrogen-bond donors (Lipinski definition) is 1. The summed E-state index contributed by atoms with van der Waals surface area (Å²) in [7, 11) is 1.45. The Balaban J connectivity index is 2.45. The van der Waals surface area contributed by atoms with Gasteiger partial charge in [0, 0.05) is 17.0 Å². The van der Waals surface area contributed by atoms with Crippen molar-refractivity contribution in [1.29, 1.82) is 0 Å². The molecular weight excluding hydrogens is 239 g/mol. The molecule has 17 heavy (non-hydrogen) atoms. The second kappa shape index (κ2) is 4.81. The van der Waals surface area contributed by atoms with E-state index in [9.17, 15) is 4.39 Å². The van der Waals surface area contributed by atoms with Gasteiger partial charge in [-0.15, -0.1) is 11.3 Å². The maximum absolute atomic E-state index is 13.3. The predicted octanol–water partition coefficient (Wildman–Crippen LogP) is 2.72. The smallest absolute Gasteiger partial charge is 0.165 e. The van der Waals surface area contributed by atoms with E-state index >= 15 is 0 Å². The van der Waals surface area contributed by atoms with Crippen LogP contribution in [0.2, 0.25) is 0 Å². The molecule has 0 saturated heterocycles. The maximum Gasteiger partial charge on any atom is 0.165 e. The molecule has 0 bridgehead atoms. The Morgan fingerprint density at radius 3 is 2.82 bits per heavy atom. The third-order valence-corrected chi connectivity index (χ3v) is 3.70. The van der Waals surface area contributed by atoms with E-state index in [4.69, 9.17) is 10.5 Å². The Hall–Kier alpha value is -1.46. The Bertz CT molecular complexity index is 539. The van der Waals surface area contributed by atoms with Crippen LogP contribution in [-0.2, 0) is 6.54 Å². The van der Waals surface area contributed by atoms with Crippen molar-refractivity contribution < 1.29 is 9.13 Å². The highest BCUT2D eigenvalue weighted by Gasteiger charge is 2.10. The van der Waals surface area contributed by atoms with Gasteiger partial charge in [0.25, 0.3) is 0 Å². The van der Waals surface area contributed by atoms with Gasteiger partial charge in [-0.3, -0.25) is 0 Å². The van der Waals surface area contributed by atoms with Crippen LogP contribution in [0.3, 0.4) is 0 Å². The number of rotatable bonds is 3. The Morgan fingerprint density at radius 2 is 2.24 bits per heavy atom. The largest absolute Gasteiger partial charge is 0.494 e. The minimum absolute atomic E-state index is 0.227. The summed E-state index contributed by atoms with van der Waals surface area (Å²) < 4.78 is 18.2. The van der Waals surface area contributed by atoms with Crippen LogP contribution in [0.1, 0.15) is 10.6 Å². The number of methoxy groups -OCH3 is 1. The zero-order valence-electron chi connectivity index (χ0n) is 9.66. The van der Waals surface area contributed by atoms with Gasteiger partial charge in [-0.1, -0.05) is 0 Å². The first-order valence-corrected chi connectivity index (χ1v) is 5.97. The summed E-state index contributed by atoms with van der Waals surface area (Å²) in [5.41, 5.74) is 7.38. The first kappa shape index (κ1) is 12.0. The standard InChI is InChI=1S/C12H13FN2OS/c1-7-11(6-14)17-12(15-7)8-3-4-9(13)10(5-8)16-2/h3-5H,6,14H2,1-2H3. The molecule has 0 aliphatic carbocycles. The van der Waals surface area contributed by atoms with Crippen molar-refractivity contribution in [2.75, 3.05) is 7.11 Å². The van der Waals surface area contributed by atoms with Crippen LogP contribution in [0, 0.1) is 12.7 Å². The molecule has 5 heteroatoms. The fourth-order valence-electron chi connectivity index (χ4n) is 1.53. The van der Waals surface area contributed by atoms with Crippen molar-refractivity contribution in [2.45, 2.75) is 13.5 Å². The summed E-state index contributed by atoms with van der Waals surface area (Å²) in [6, 6.07) is 4.72. The Kier molecular flexibility index (Phi) is 3.40. The molecule has 0 atom stereocenters. The summed E-state index contributed by atoms with van der Waals surface area (Å²) in [6.07, 6.45) is 0. The van der Waals surface area contributed by atoms with Gasteiger partial charge in [-0.2, -0.15) is 0 Å². The highest BCUT2D eigenvalue weighted by Crippen LogP contribution is 2.30. The summed E-state index contributed by atoms with van der Waals surface area (Å²) in [5, 5.41) is 0.834. The molecule has 0 unspecified atom stereocenters. The van der Waals surface area contributed by atoms with E-state index in [1.54, 1.807) is 12.1 Å². The quantitative estimate of drug-likeness (QED) is 0.913. The van der Waals surface area contributed by atoms with E-state index < -0.39 is 0 Å². The van der Waals surface area contributed by atoms with Crippen LogP contribution >= 0.6 is 11.3 Å². The average Bonchev–Trinajstić information content (AvgIpc) is 2.71. The molecule has 1 aromatic heterocycles. The zero-order chi connectivity index (χ0) is 12.4. The summed E-state index contributed by atoms with van der Waals surface area (Å²) in [4.78, 5) is 5.46. The van der Waals surface area contributed by atoms with E-state index in [2.05, 4.69) is 4.98 Å². The third kappa shape index (κ3) is 2.30. The molecular formula is C12H13FN2OS. The molecule has 2 rings (SSSR count). The van der Waals surface area contributed by atoms with Crippen molar-refractivity contribution >= 4 is 11.3 Å². The van der Waals surface area contributed by atoms with Crippen LogP contribution in [0.5, 0.6) is 5.75 Å². The fraction of sp³-hybridized carbons (Fsp3) is 0.250. The second-order valence-electron chi connectivity index (χ2n) is 3.58. The molecule has 0 saturated carbocycles. The van der Waals surface area contributed by atoms with Gasteiger partial charge >= 0.3 is 0 Å². The number of nitrogens with two attached hydrogens (primary N) is 1. The molecule has 0 aliphatic heterocycles. The number of thiazole rings is 1. The molecule has 2 aromatic rings. The normalized spacial score (nSPS) is 10.6. The summed E-state index contributed by atoms with van der Waals surface area (Å²) in [6.45, 7) is 2.39. The average molecular weight is 252 g/mol. The van der Waals surface area contributed by atoms with E-state index in [1.165, 1.54) is 24.5 Å². The third-order valence-electron chi connectivity index (χ3n) is 2.48. The van der Waals surface area contributed by atoms with Crippen molar-refractivity contribution in [3.8, 4) is 16.3 Å². The van der Waals surface area contributed by atoms with Gasteiger partial charge in [0.2, 0.25) is 0 Å². The zero-order valence-corrected chi connectivity index (χ0v) is 10.5. The predicted molar refractivity (Wildman–Crippen MR) is 66.7 cm³/mol. The van der Waals surface area contributed by atoms with E-state index in [1.807, 2.05) is 6.92 Å². The highest BCUT2D eigenvalue weighted by molar-refractivity contribution is 7.15. The molecule has 0 radical (unpaired) electrons.